The van der Waals surface area contributed by atoms with Crippen LogP contribution in [0.2, 0.25) is 0 Å². The molecule has 1 aliphatic rings. The molecule has 0 fully saturated rings. The fraction of sp³-hybridized carbons (Fsp3) is 0.562. The Morgan fingerprint density at radius 2 is 2.25 bits per heavy atom. The van der Waals surface area contributed by atoms with Gasteiger partial charge in [-0.15, -0.1) is 11.3 Å². The first kappa shape index (κ1) is 13.8. The summed E-state index contributed by atoms with van der Waals surface area (Å²) in [6.07, 6.45) is 4.05. The van der Waals surface area contributed by atoms with Gasteiger partial charge in [-0.2, -0.15) is 0 Å². The number of rotatable bonds is 2. The molecule has 0 bridgehead atoms. The summed E-state index contributed by atoms with van der Waals surface area (Å²) in [5.74, 6) is 0. The van der Waals surface area contributed by atoms with Crippen molar-refractivity contribution in [1.29, 1.82) is 0 Å². The summed E-state index contributed by atoms with van der Waals surface area (Å²) in [5, 5.41) is 3.22. The predicted molar refractivity (Wildman–Crippen MR) is 84.1 cm³/mol. The molecule has 0 amide bonds. The van der Waals surface area contributed by atoms with E-state index in [1.54, 1.807) is 11.3 Å². The zero-order chi connectivity index (χ0) is 14.5. The molecule has 3 nitrogen and oxygen atoms in total. The molecule has 0 saturated heterocycles. The van der Waals surface area contributed by atoms with Crippen molar-refractivity contribution < 1.29 is 0 Å². The van der Waals surface area contributed by atoms with Gasteiger partial charge in [-0.05, 0) is 43.7 Å². The molecule has 0 aromatic carbocycles. The molecule has 2 N–H and O–H groups in total. The number of hydrogen-bond acceptors (Lipinski definition) is 3. The summed E-state index contributed by atoms with van der Waals surface area (Å²) >= 11 is 1.73. The molecule has 0 aliphatic heterocycles. The smallest absolute Gasteiger partial charge is 0.115 e. The summed E-state index contributed by atoms with van der Waals surface area (Å²) in [7, 11) is 0. The number of thiazole rings is 1. The number of nitrogens with zero attached hydrogens (tertiary/aromatic N) is 2. The van der Waals surface area contributed by atoms with Crippen LogP contribution in [0, 0.1) is 12.3 Å². The van der Waals surface area contributed by atoms with Gasteiger partial charge in [-0.1, -0.05) is 13.8 Å². The van der Waals surface area contributed by atoms with Gasteiger partial charge in [0.1, 0.15) is 5.01 Å². The average Bonchev–Trinajstić information content (AvgIpc) is 2.94. The standard InChI is InChI=1S/C16H23N3S/c1-10-7-12-13(17)8-16(3,4)9-14(12)19(10)11(2)15-18-5-6-20-15/h5-7,11,13H,8-9,17H2,1-4H3. The van der Waals surface area contributed by atoms with E-state index in [2.05, 4.69) is 43.3 Å². The van der Waals surface area contributed by atoms with Gasteiger partial charge in [0.15, 0.2) is 0 Å². The SMILES string of the molecule is Cc1cc2c(n1C(C)c1nccs1)CC(C)(C)CC2N. The Kier molecular flexibility index (Phi) is 3.26. The number of aromatic nitrogens is 2. The maximum Gasteiger partial charge on any atom is 0.115 e. The first-order valence-electron chi connectivity index (χ1n) is 7.24. The van der Waals surface area contributed by atoms with Crippen LogP contribution in [0.3, 0.4) is 0 Å². The highest BCUT2D eigenvalue weighted by Crippen LogP contribution is 2.42. The van der Waals surface area contributed by atoms with E-state index in [0.29, 0.717) is 6.04 Å². The third-order valence-electron chi connectivity index (χ3n) is 4.38. The van der Waals surface area contributed by atoms with Crippen molar-refractivity contribution in [2.45, 2.75) is 52.6 Å². The molecular weight excluding hydrogens is 266 g/mol. The molecule has 108 valence electrons. The Bertz CT molecular complexity index is 610. The van der Waals surface area contributed by atoms with Crippen LogP contribution in [0.15, 0.2) is 17.6 Å². The highest BCUT2D eigenvalue weighted by atomic mass is 32.1. The van der Waals surface area contributed by atoms with Gasteiger partial charge < -0.3 is 10.3 Å². The summed E-state index contributed by atoms with van der Waals surface area (Å²) < 4.78 is 2.44. The normalized spacial score (nSPS) is 22.6. The fourth-order valence-electron chi connectivity index (χ4n) is 3.56. The minimum absolute atomic E-state index is 0.164. The van der Waals surface area contributed by atoms with Crippen LogP contribution in [0.5, 0.6) is 0 Å². The van der Waals surface area contributed by atoms with E-state index in [9.17, 15) is 0 Å². The van der Waals surface area contributed by atoms with Crippen molar-refractivity contribution in [3.63, 3.8) is 0 Å². The van der Waals surface area contributed by atoms with Gasteiger partial charge in [0.25, 0.3) is 0 Å². The minimum Gasteiger partial charge on any atom is -0.339 e. The highest BCUT2D eigenvalue weighted by Gasteiger charge is 2.34. The Morgan fingerprint density at radius 1 is 1.50 bits per heavy atom. The molecule has 3 rings (SSSR count). The lowest BCUT2D eigenvalue weighted by Gasteiger charge is -2.35. The van der Waals surface area contributed by atoms with Gasteiger partial charge in [0.05, 0.1) is 6.04 Å². The van der Waals surface area contributed by atoms with Gasteiger partial charge in [-0.25, -0.2) is 4.98 Å². The first-order valence-corrected chi connectivity index (χ1v) is 8.12. The topological polar surface area (TPSA) is 43.8 Å². The summed E-state index contributed by atoms with van der Waals surface area (Å²) in [5.41, 5.74) is 10.7. The minimum atomic E-state index is 0.164. The quantitative estimate of drug-likeness (QED) is 0.913. The highest BCUT2D eigenvalue weighted by molar-refractivity contribution is 7.09. The Hall–Kier alpha value is -1.13. The van der Waals surface area contributed by atoms with Crippen LogP contribution < -0.4 is 5.73 Å². The predicted octanol–water partition coefficient (Wildman–Crippen LogP) is 3.83. The third kappa shape index (κ3) is 2.21. The average molecular weight is 289 g/mol. The van der Waals surface area contributed by atoms with Crippen LogP contribution in [-0.2, 0) is 6.42 Å². The first-order chi connectivity index (χ1) is 9.39. The third-order valence-corrected chi connectivity index (χ3v) is 5.33. The van der Waals surface area contributed by atoms with Gasteiger partial charge in [-0.3, -0.25) is 0 Å². The lowest BCUT2D eigenvalue weighted by molar-refractivity contribution is 0.274. The van der Waals surface area contributed by atoms with Gasteiger partial charge >= 0.3 is 0 Å². The Labute approximate surface area is 124 Å². The lowest BCUT2D eigenvalue weighted by Crippen LogP contribution is -2.31. The molecule has 2 aromatic rings. The molecule has 2 aromatic heterocycles. The molecule has 2 unspecified atom stereocenters. The molecule has 0 spiro atoms. The number of aryl methyl sites for hydroxylation is 1. The molecule has 1 aliphatic carbocycles. The Morgan fingerprint density at radius 3 is 2.90 bits per heavy atom. The maximum absolute atomic E-state index is 6.40. The molecular formula is C16H23N3S. The summed E-state index contributed by atoms with van der Waals surface area (Å²) in [4.78, 5) is 4.48. The second kappa shape index (κ2) is 4.71. The van der Waals surface area contributed by atoms with Crippen LogP contribution in [0.1, 0.15) is 61.2 Å². The maximum atomic E-state index is 6.40. The van der Waals surface area contributed by atoms with E-state index in [4.69, 9.17) is 5.73 Å². The van der Waals surface area contributed by atoms with Crippen LogP contribution in [0.4, 0.5) is 0 Å². The van der Waals surface area contributed by atoms with E-state index in [1.165, 1.54) is 22.0 Å². The summed E-state index contributed by atoms with van der Waals surface area (Å²) in [6, 6.07) is 2.73. The van der Waals surface area contributed by atoms with Gasteiger partial charge in [0, 0.05) is 29.0 Å². The second-order valence-electron chi connectivity index (χ2n) is 6.76. The van der Waals surface area contributed by atoms with E-state index < -0.39 is 0 Å². The van der Waals surface area contributed by atoms with Crippen molar-refractivity contribution in [2.24, 2.45) is 11.1 Å². The lowest BCUT2D eigenvalue weighted by atomic mass is 9.74. The van der Waals surface area contributed by atoms with E-state index in [-0.39, 0.29) is 11.5 Å². The van der Waals surface area contributed by atoms with Crippen molar-refractivity contribution >= 4 is 11.3 Å². The van der Waals surface area contributed by atoms with E-state index in [0.717, 1.165) is 12.8 Å². The molecule has 0 saturated carbocycles. The number of fused-ring (bicyclic) bond motifs is 1. The van der Waals surface area contributed by atoms with E-state index >= 15 is 0 Å². The van der Waals surface area contributed by atoms with Gasteiger partial charge in [0.2, 0.25) is 0 Å². The van der Waals surface area contributed by atoms with Crippen LogP contribution in [0.25, 0.3) is 0 Å². The van der Waals surface area contributed by atoms with Crippen LogP contribution >= 0.6 is 11.3 Å². The monoisotopic (exact) mass is 289 g/mol. The summed E-state index contributed by atoms with van der Waals surface area (Å²) in [6.45, 7) is 9.05. The van der Waals surface area contributed by atoms with E-state index in [1.807, 2.05) is 11.6 Å². The van der Waals surface area contributed by atoms with Crippen LogP contribution in [-0.4, -0.2) is 9.55 Å². The zero-order valence-corrected chi connectivity index (χ0v) is 13.5. The van der Waals surface area contributed by atoms with Crippen molar-refractivity contribution in [3.8, 4) is 0 Å². The molecule has 2 heterocycles. The zero-order valence-electron chi connectivity index (χ0n) is 12.7. The molecule has 4 heteroatoms. The van der Waals surface area contributed by atoms with Crippen molar-refractivity contribution in [3.05, 3.63) is 39.6 Å². The number of nitrogens with two attached hydrogens (primary N) is 1. The number of hydrogen-bond donors (Lipinski definition) is 1. The van der Waals surface area contributed by atoms with Crippen molar-refractivity contribution in [1.82, 2.24) is 9.55 Å². The van der Waals surface area contributed by atoms with Crippen molar-refractivity contribution in [2.75, 3.05) is 0 Å². The molecule has 20 heavy (non-hydrogen) atoms. The second-order valence-corrected chi connectivity index (χ2v) is 7.68. The molecule has 2 atom stereocenters. The molecule has 0 radical (unpaired) electrons. The fourth-order valence-corrected chi connectivity index (χ4v) is 4.24. The Balaban J connectivity index is 2.09. The largest absolute Gasteiger partial charge is 0.339 e.